The zero-order valence-electron chi connectivity index (χ0n) is 11.7. The maximum Gasteiger partial charge on any atom is 0.241 e. The molecule has 5 nitrogen and oxygen atoms in total. The second kappa shape index (κ2) is 6.36. The first kappa shape index (κ1) is 15.7. The topological polar surface area (TPSA) is 76.1 Å². The van der Waals surface area contributed by atoms with Crippen molar-refractivity contribution >= 4 is 32.2 Å². The van der Waals surface area contributed by atoms with E-state index in [0.29, 0.717) is 5.13 Å². The monoisotopic (exact) mass is 324 g/mol. The average Bonchev–Trinajstić information content (AvgIpc) is 2.87. The number of nitrogens with zero attached hydrogens (tertiary/aromatic N) is 1. The quantitative estimate of drug-likeness (QED) is 0.917. The fourth-order valence-electron chi connectivity index (χ4n) is 1.58. The molecule has 0 saturated heterocycles. The normalized spacial score (nSPS) is 11.6. The van der Waals surface area contributed by atoms with Gasteiger partial charge in [0.05, 0.1) is 10.9 Å². The Hall–Kier alpha value is -1.73. The number of aromatic nitrogens is 1. The molecule has 2 rings (SSSR count). The van der Waals surface area contributed by atoms with E-state index < -0.39 is 26.7 Å². The van der Waals surface area contributed by atoms with Gasteiger partial charge in [0.25, 0.3) is 0 Å². The number of nitrogens with one attached hydrogen (secondary N) is 1. The van der Waals surface area contributed by atoms with E-state index in [1.807, 2.05) is 35.7 Å². The Bertz CT molecular complexity index is 722. The van der Waals surface area contributed by atoms with Crippen LogP contribution in [0.3, 0.4) is 0 Å². The number of thiazole rings is 1. The molecule has 1 N–H and O–H groups in total. The van der Waals surface area contributed by atoms with Crippen molar-refractivity contribution in [3.8, 4) is 11.3 Å². The molecule has 0 bridgehead atoms. The van der Waals surface area contributed by atoms with Crippen LogP contribution in [0.2, 0.25) is 0 Å². The summed E-state index contributed by atoms with van der Waals surface area (Å²) in [5, 5.41) is 4.18. The Balaban J connectivity index is 2.05. The number of amides is 1. The molecule has 21 heavy (non-hydrogen) atoms. The number of rotatable bonds is 5. The van der Waals surface area contributed by atoms with Crippen LogP contribution < -0.4 is 5.32 Å². The van der Waals surface area contributed by atoms with Crippen molar-refractivity contribution in [2.45, 2.75) is 19.1 Å². The summed E-state index contributed by atoms with van der Waals surface area (Å²) in [5.74, 6) is -1.08. The molecule has 0 unspecified atom stereocenters. The van der Waals surface area contributed by atoms with Gasteiger partial charge in [-0.1, -0.05) is 30.3 Å². The fourth-order valence-corrected chi connectivity index (χ4v) is 3.08. The molecular formula is C14H16N2O3S2. The molecule has 0 aliphatic heterocycles. The fraction of sp³-hybridized carbons (Fsp3) is 0.286. The van der Waals surface area contributed by atoms with Crippen molar-refractivity contribution in [2.24, 2.45) is 0 Å². The van der Waals surface area contributed by atoms with E-state index in [9.17, 15) is 13.2 Å². The lowest BCUT2D eigenvalue weighted by Gasteiger charge is -2.06. The summed E-state index contributed by atoms with van der Waals surface area (Å²) in [6.07, 6.45) is 0. The molecule has 0 aliphatic carbocycles. The van der Waals surface area contributed by atoms with Gasteiger partial charge >= 0.3 is 0 Å². The Kier molecular flexibility index (Phi) is 4.74. The lowest BCUT2D eigenvalue weighted by molar-refractivity contribution is -0.113. The molecule has 0 aliphatic rings. The second-order valence-electron chi connectivity index (χ2n) is 4.81. The molecule has 1 heterocycles. The summed E-state index contributed by atoms with van der Waals surface area (Å²) in [7, 11) is -3.40. The van der Waals surface area contributed by atoms with E-state index in [-0.39, 0.29) is 0 Å². The molecule has 0 atom stereocenters. The van der Waals surface area contributed by atoms with Gasteiger partial charge in [-0.3, -0.25) is 4.79 Å². The lowest BCUT2D eigenvalue weighted by atomic mass is 10.2. The lowest BCUT2D eigenvalue weighted by Crippen LogP contribution is -2.27. The third-order valence-electron chi connectivity index (χ3n) is 2.87. The van der Waals surface area contributed by atoms with Crippen molar-refractivity contribution in [1.82, 2.24) is 4.98 Å². The SMILES string of the molecule is CC(C)S(=O)(=O)CC(=O)Nc1nc(-c2ccccc2)cs1. The average molecular weight is 324 g/mol. The van der Waals surface area contributed by atoms with Gasteiger partial charge in [-0.25, -0.2) is 13.4 Å². The van der Waals surface area contributed by atoms with Gasteiger partial charge in [0.2, 0.25) is 5.91 Å². The molecule has 2 aromatic rings. The third kappa shape index (κ3) is 4.12. The van der Waals surface area contributed by atoms with Gasteiger partial charge in [-0.2, -0.15) is 0 Å². The highest BCUT2D eigenvalue weighted by Gasteiger charge is 2.21. The summed E-state index contributed by atoms with van der Waals surface area (Å²) in [5.41, 5.74) is 1.70. The van der Waals surface area contributed by atoms with Crippen molar-refractivity contribution in [2.75, 3.05) is 11.1 Å². The first-order valence-electron chi connectivity index (χ1n) is 6.41. The van der Waals surface area contributed by atoms with E-state index in [4.69, 9.17) is 0 Å². The van der Waals surface area contributed by atoms with Crippen LogP contribution in [0.25, 0.3) is 11.3 Å². The second-order valence-corrected chi connectivity index (χ2v) is 8.22. The molecular weight excluding hydrogens is 308 g/mol. The van der Waals surface area contributed by atoms with Crippen LogP contribution in [0.4, 0.5) is 5.13 Å². The number of carbonyl (C=O) groups excluding carboxylic acids is 1. The van der Waals surface area contributed by atoms with Crippen LogP contribution in [0.5, 0.6) is 0 Å². The molecule has 112 valence electrons. The predicted octanol–water partition coefficient (Wildman–Crippen LogP) is 2.57. The zero-order chi connectivity index (χ0) is 15.5. The number of benzene rings is 1. The highest BCUT2D eigenvalue weighted by atomic mass is 32.2. The van der Waals surface area contributed by atoms with Crippen molar-refractivity contribution in [3.05, 3.63) is 35.7 Å². The Morgan fingerprint density at radius 3 is 2.57 bits per heavy atom. The molecule has 1 amide bonds. The largest absolute Gasteiger partial charge is 0.301 e. The minimum atomic E-state index is -3.40. The molecule has 1 aromatic carbocycles. The van der Waals surface area contributed by atoms with Gasteiger partial charge in [0.15, 0.2) is 15.0 Å². The van der Waals surface area contributed by atoms with Crippen LogP contribution in [-0.2, 0) is 14.6 Å². The third-order valence-corrected chi connectivity index (χ3v) is 5.73. The van der Waals surface area contributed by atoms with E-state index in [0.717, 1.165) is 11.3 Å². The molecule has 0 radical (unpaired) electrons. The molecule has 0 saturated carbocycles. The van der Waals surface area contributed by atoms with Crippen LogP contribution in [0.1, 0.15) is 13.8 Å². The van der Waals surface area contributed by atoms with E-state index >= 15 is 0 Å². The van der Waals surface area contributed by atoms with Crippen molar-refractivity contribution < 1.29 is 13.2 Å². The van der Waals surface area contributed by atoms with Crippen LogP contribution in [0.15, 0.2) is 35.7 Å². The zero-order valence-corrected chi connectivity index (χ0v) is 13.4. The van der Waals surface area contributed by atoms with Gasteiger partial charge in [0, 0.05) is 10.9 Å². The van der Waals surface area contributed by atoms with E-state index in [2.05, 4.69) is 10.3 Å². The van der Waals surface area contributed by atoms with E-state index in [1.54, 1.807) is 13.8 Å². The summed E-state index contributed by atoms with van der Waals surface area (Å²) < 4.78 is 23.4. The number of anilines is 1. The summed E-state index contributed by atoms with van der Waals surface area (Å²) >= 11 is 1.27. The van der Waals surface area contributed by atoms with Crippen LogP contribution >= 0.6 is 11.3 Å². The van der Waals surface area contributed by atoms with Crippen molar-refractivity contribution in [3.63, 3.8) is 0 Å². The molecule has 0 fully saturated rings. The Morgan fingerprint density at radius 1 is 1.29 bits per heavy atom. The van der Waals surface area contributed by atoms with E-state index in [1.165, 1.54) is 11.3 Å². The van der Waals surface area contributed by atoms with Crippen LogP contribution in [0, 0.1) is 0 Å². The predicted molar refractivity (Wildman–Crippen MR) is 85.1 cm³/mol. The molecule has 0 spiro atoms. The maximum absolute atomic E-state index is 11.8. The van der Waals surface area contributed by atoms with Gasteiger partial charge in [-0.15, -0.1) is 11.3 Å². The van der Waals surface area contributed by atoms with Gasteiger partial charge in [-0.05, 0) is 13.8 Å². The van der Waals surface area contributed by atoms with Gasteiger partial charge in [0.1, 0.15) is 5.75 Å². The summed E-state index contributed by atoms with van der Waals surface area (Å²) in [6.45, 7) is 3.11. The smallest absolute Gasteiger partial charge is 0.241 e. The van der Waals surface area contributed by atoms with Crippen LogP contribution in [-0.4, -0.2) is 30.3 Å². The highest BCUT2D eigenvalue weighted by Crippen LogP contribution is 2.24. The molecule has 7 heteroatoms. The first-order valence-corrected chi connectivity index (χ1v) is 9.00. The molecule has 1 aromatic heterocycles. The Morgan fingerprint density at radius 2 is 1.95 bits per heavy atom. The Labute approximate surface area is 128 Å². The number of sulfone groups is 1. The standard InChI is InChI=1S/C14H16N2O3S2/c1-10(2)21(18,19)9-13(17)16-14-15-12(8-20-14)11-6-4-3-5-7-11/h3-8,10H,9H2,1-2H3,(H,15,16,17). The van der Waals surface area contributed by atoms with Crippen molar-refractivity contribution in [1.29, 1.82) is 0 Å². The minimum absolute atomic E-state index is 0.401. The number of hydrogen-bond acceptors (Lipinski definition) is 5. The highest BCUT2D eigenvalue weighted by molar-refractivity contribution is 7.92. The summed E-state index contributed by atoms with van der Waals surface area (Å²) in [4.78, 5) is 16.0. The van der Waals surface area contributed by atoms with Gasteiger partial charge < -0.3 is 5.32 Å². The number of carbonyl (C=O) groups is 1. The summed E-state index contributed by atoms with van der Waals surface area (Å²) in [6, 6.07) is 9.56. The number of hydrogen-bond donors (Lipinski definition) is 1. The maximum atomic E-state index is 11.8. The minimum Gasteiger partial charge on any atom is -0.301 e. The first-order chi connectivity index (χ1) is 9.88.